The predicted octanol–water partition coefficient (Wildman–Crippen LogP) is 1.82. The number of aliphatic hydroxyl groups is 1. The lowest BCUT2D eigenvalue weighted by molar-refractivity contribution is 0.250. The summed E-state index contributed by atoms with van der Waals surface area (Å²) >= 11 is 1.71. The van der Waals surface area contributed by atoms with E-state index in [1.54, 1.807) is 11.8 Å². The molecule has 84 valence electrons. The molecule has 1 aromatic rings. The largest absolute Gasteiger partial charge is 0.396 e. The van der Waals surface area contributed by atoms with Crippen molar-refractivity contribution in [2.75, 3.05) is 12.4 Å². The van der Waals surface area contributed by atoms with E-state index in [0.29, 0.717) is 5.92 Å². The Bertz CT molecular complexity index is 287. The fraction of sp³-hybridized carbons (Fsp3) is 0.545. The van der Waals surface area contributed by atoms with Gasteiger partial charge in [-0.25, -0.2) is 0 Å². The van der Waals surface area contributed by atoms with Crippen molar-refractivity contribution in [3.63, 3.8) is 0 Å². The Kier molecular flexibility index (Phi) is 5.08. The quantitative estimate of drug-likeness (QED) is 0.752. The Hall–Kier alpha value is -0.580. The fourth-order valence-corrected chi connectivity index (χ4v) is 1.91. The third-order valence-corrected chi connectivity index (χ3v) is 3.38. The summed E-state index contributed by atoms with van der Waals surface area (Å²) in [5.41, 5.74) is 6.62. The van der Waals surface area contributed by atoms with Gasteiger partial charge in [0.15, 0.2) is 0 Å². The first-order valence-electron chi connectivity index (χ1n) is 5.08. The van der Waals surface area contributed by atoms with E-state index in [-0.39, 0.29) is 12.6 Å². The smallest absolute Gasteiger partial charge is 0.0569 e. The molecule has 0 radical (unpaired) electrons. The van der Waals surface area contributed by atoms with Crippen LogP contribution in [-0.4, -0.2) is 22.5 Å². The molecule has 0 spiro atoms. The highest BCUT2D eigenvalue weighted by Crippen LogP contribution is 2.20. The normalized spacial score (nSPS) is 14.9. The summed E-state index contributed by atoms with van der Waals surface area (Å²) in [6, 6.07) is 3.97. The third kappa shape index (κ3) is 4.20. The van der Waals surface area contributed by atoms with E-state index in [4.69, 9.17) is 10.8 Å². The molecular formula is C11H18N2OS. The van der Waals surface area contributed by atoms with Crippen LogP contribution in [0.2, 0.25) is 0 Å². The molecule has 1 rings (SSSR count). The van der Waals surface area contributed by atoms with Crippen molar-refractivity contribution in [3.05, 3.63) is 24.0 Å². The molecule has 0 fully saturated rings. The lowest BCUT2D eigenvalue weighted by Gasteiger charge is -2.08. The van der Waals surface area contributed by atoms with Crippen molar-refractivity contribution in [1.29, 1.82) is 0 Å². The first-order valence-corrected chi connectivity index (χ1v) is 6.07. The van der Waals surface area contributed by atoms with Crippen LogP contribution in [-0.2, 0) is 0 Å². The number of pyridine rings is 1. The molecule has 1 unspecified atom stereocenters. The second-order valence-corrected chi connectivity index (χ2v) is 4.90. The van der Waals surface area contributed by atoms with Gasteiger partial charge in [0.25, 0.3) is 0 Å². The first kappa shape index (κ1) is 12.5. The van der Waals surface area contributed by atoms with Gasteiger partial charge in [-0.2, -0.15) is 0 Å². The van der Waals surface area contributed by atoms with Crippen molar-refractivity contribution in [3.8, 4) is 0 Å². The van der Waals surface area contributed by atoms with E-state index in [0.717, 1.165) is 16.3 Å². The van der Waals surface area contributed by atoms with E-state index < -0.39 is 0 Å². The van der Waals surface area contributed by atoms with E-state index >= 15 is 0 Å². The monoisotopic (exact) mass is 226 g/mol. The number of aromatic nitrogens is 1. The van der Waals surface area contributed by atoms with Gasteiger partial charge in [-0.3, -0.25) is 4.98 Å². The van der Waals surface area contributed by atoms with E-state index in [1.165, 1.54) is 0 Å². The Morgan fingerprint density at radius 3 is 2.67 bits per heavy atom. The summed E-state index contributed by atoms with van der Waals surface area (Å²) in [5.74, 6) is 1.23. The minimum absolute atomic E-state index is 0.0135. The second kappa shape index (κ2) is 6.10. The maximum absolute atomic E-state index is 8.88. The van der Waals surface area contributed by atoms with E-state index in [9.17, 15) is 0 Å². The van der Waals surface area contributed by atoms with Gasteiger partial charge in [0, 0.05) is 29.5 Å². The number of nitrogens with two attached hydrogens (primary N) is 1. The molecule has 0 amide bonds. The molecule has 0 saturated heterocycles. The van der Waals surface area contributed by atoms with Gasteiger partial charge < -0.3 is 10.8 Å². The molecule has 0 aliphatic heterocycles. The van der Waals surface area contributed by atoms with Crippen molar-refractivity contribution in [1.82, 2.24) is 4.98 Å². The number of rotatable bonds is 5. The zero-order valence-electron chi connectivity index (χ0n) is 9.18. The lowest BCUT2D eigenvalue weighted by atomic mass is 10.2. The summed E-state index contributed by atoms with van der Waals surface area (Å²) in [5, 5.41) is 8.88. The van der Waals surface area contributed by atoms with Gasteiger partial charge in [0.1, 0.15) is 0 Å². The molecule has 3 N–H and O–H groups in total. The molecule has 0 aromatic carbocycles. The number of nitrogens with zero attached hydrogens (tertiary/aromatic N) is 1. The van der Waals surface area contributed by atoms with Crippen molar-refractivity contribution < 1.29 is 5.11 Å². The van der Waals surface area contributed by atoms with Gasteiger partial charge in [-0.15, -0.1) is 11.8 Å². The Morgan fingerprint density at radius 1 is 1.47 bits per heavy atom. The first-order chi connectivity index (χ1) is 7.13. The Morgan fingerprint density at radius 2 is 2.20 bits per heavy atom. The van der Waals surface area contributed by atoms with Gasteiger partial charge in [-0.1, -0.05) is 6.92 Å². The molecule has 0 aliphatic carbocycles. The number of hydrogen-bond acceptors (Lipinski definition) is 4. The van der Waals surface area contributed by atoms with Gasteiger partial charge in [-0.05, 0) is 25.0 Å². The molecule has 2 atom stereocenters. The summed E-state index contributed by atoms with van der Waals surface area (Å²) in [6.07, 6.45) is 1.84. The summed E-state index contributed by atoms with van der Waals surface area (Å²) < 4.78 is 0. The van der Waals surface area contributed by atoms with Crippen LogP contribution in [0.15, 0.2) is 23.2 Å². The predicted molar refractivity (Wildman–Crippen MR) is 63.8 cm³/mol. The van der Waals surface area contributed by atoms with Crippen LogP contribution in [0.3, 0.4) is 0 Å². The molecule has 4 heteroatoms. The number of thioether (sulfide) groups is 1. The van der Waals surface area contributed by atoms with Crippen LogP contribution in [0.4, 0.5) is 0 Å². The van der Waals surface area contributed by atoms with Crippen molar-refractivity contribution >= 4 is 11.8 Å². The zero-order chi connectivity index (χ0) is 11.3. The molecule has 1 aromatic heterocycles. The molecule has 3 nitrogen and oxygen atoms in total. The maximum atomic E-state index is 8.88. The SMILES string of the molecule is CC(CO)CSc1ccc([C@H](C)N)nc1. The minimum Gasteiger partial charge on any atom is -0.396 e. The second-order valence-electron chi connectivity index (χ2n) is 3.81. The average Bonchev–Trinajstić information content (AvgIpc) is 2.26. The van der Waals surface area contributed by atoms with Crippen molar-refractivity contribution in [2.24, 2.45) is 11.7 Å². The molecule has 0 aliphatic rings. The lowest BCUT2D eigenvalue weighted by Crippen LogP contribution is -2.07. The topological polar surface area (TPSA) is 59.1 Å². The Labute approximate surface area is 95.1 Å². The molecule has 15 heavy (non-hydrogen) atoms. The van der Waals surface area contributed by atoms with Crippen molar-refractivity contribution in [2.45, 2.75) is 24.8 Å². The fourth-order valence-electron chi connectivity index (χ4n) is 1.04. The highest BCUT2D eigenvalue weighted by Gasteiger charge is 2.03. The molecule has 1 heterocycles. The third-order valence-electron chi connectivity index (χ3n) is 2.07. The average molecular weight is 226 g/mol. The maximum Gasteiger partial charge on any atom is 0.0569 e. The summed E-state index contributed by atoms with van der Waals surface area (Å²) in [6.45, 7) is 4.18. The van der Waals surface area contributed by atoms with Crippen LogP contribution in [0.5, 0.6) is 0 Å². The highest BCUT2D eigenvalue weighted by molar-refractivity contribution is 7.99. The Balaban J connectivity index is 2.50. The van der Waals surface area contributed by atoms with Gasteiger partial charge in [0.2, 0.25) is 0 Å². The van der Waals surface area contributed by atoms with Crippen LogP contribution < -0.4 is 5.73 Å². The summed E-state index contributed by atoms with van der Waals surface area (Å²) in [7, 11) is 0. The van der Waals surface area contributed by atoms with E-state index in [2.05, 4.69) is 4.98 Å². The van der Waals surface area contributed by atoms with Crippen LogP contribution >= 0.6 is 11.8 Å². The summed E-state index contributed by atoms with van der Waals surface area (Å²) in [4.78, 5) is 5.40. The van der Waals surface area contributed by atoms with Gasteiger partial charge >= 0.3 is 0 Å². The van der Waals surface area contributed by atoms with Crippen LogP contribution in [0.1, 0.15) is 25.6 Å². The van der Waals surface area contributed by atoms with E-state index in [1.807, 2.05) is 32.2 Å². The number of hydrogen-bond donors (Lipinski definition) is 2. The minimum atomic E-state index is -0.0135. The standard InChI is InChI=1S/C11H18N2OS/c1-8(6-14)7-15-10-3-4-11(9(2)12)13-5-10/h3-5,8-9,14H,6-7,12H2,1-2H3/t8?,9-/m0/s1. The zero-order valence-corrected chi connectivity index (χ0v) is 10.00. The highest BCUT2D eigenvalue weighted by atomic mass is 32.2. The molecule has 0 saturated carbocycles. The van der Waals surface area contributed by atoms with Crippen LogP contribution in [0, 0.1) is 5.92 Å². The van der Waals surface area contributed by atoms with Gasteiger partial charge in [0.05, 0.1) is 5.69 Å². The molecule has 0 bridgehead atoms. The number of aliphatic hydroxyl groups excluding tert-OH is 1. The van der Waals surface area contributed by atoms with Crippen LogP contribution in [0.25, 0.3) is 0 Å². The molecular weight excluding hydrogens is 208 g/mol.